The van der Waals surface area contributed by atoms with Crippen molar-refractivity contribution in [1.29, 1.82) is 0 Å². The van der Waals surface area contributed by atoms with Crippen LogP contribution >= 0.6 is 0 Å². The highest BCUT2D eigenvalue weighted by Gasteiger charge is 2.11. The van der Waals surface area contributed by atoms with Crippen LogP contribution in [0.1, 0.15) is 22.3 Å². The second kappa shape index (κ2) is 12.9. The molecule has 2 rings (SSSR count). The normalized spacial score (nSPS) is 12.8. The van der Waals surface area contributed by atoms with Gasteiger partial charge in [-0.05, 0) is 53.6 Å². The van der Waals surface area contributed by atoms with Gasteiger partial charge in [-0.25, -0.2) is 0 Å². The fraction of sp³-hybridized carbons (Fsp3) is 0.360. The zero-order valence-electron chi connectivity index (χ0n) is 17.7. The van der Waals surface area contributed by atoms with Crippen LogP contribution in [-0.4, -0.2) is 59.1 Å². The summed E-state index contributed by atoms with van der Waals surface area (Å²) < 4.78 is 11.3. The number of hydrogen-bond donors (Lipinski definition) is 4. The Hall–Kier alpha value is -2.64. The van der Waals surface area contributed by atoms with Crippen LogP contribution in [0.15, 0.2) is 61.7 Å². The maximum atomic E-state index is 9.53. The van der Waals surface area contributed by atoms with Gasteiger partial charge in [0.25, 0.3) is 0 Å². The molecule has 0 aromatic heterocycles. The van der Waals surface area contributed by atoms with Gasteiger partial charge in [0.1, 0.15) is 36.9 Å². The molecule has 0 fully saturated rings. The minimum absolute atomic E-state index is 0.0251. The molecule has 6 heteroatoms. The van der Waals surface area contributed by atoms with Crippen LogP contribution in [0.25, 0.3) is 0 Å². The summed E-state index contributed by atoms with van der Waals surface area (Å²) in [4.78, 5) is 0. The Balaban J connectivity index is 2.18. The van der Waals surface area contributed by atoms with Gasteiger partial charge in [-0.15, -0.1) is 13.2 Å². The second-order valence-electron chi connectivity index (χ2n) is 7.34. The number of aliphatic hydroxyl groups excluding tert-OH is 4. The van der Waals surface area contributed by atoms with Gasteiger partial charge in [-0.1, -0.05) is 36.4 Å². The quantitative estimate of drug-likeness (QED) is 0.344. The van der Waals surface area contributed by atoms with Crippen LogP contribution in [0.3, 0.4) is 0 Å². The fourth-order valence-corrected chi connectivity index (χ4v) is 3.11. The van der Waals surface area contributed by atoms with E-state index in [1.165, 1.54) is 0 Å². The van der Waals surface area contributed by atoms with Crippen molar-refractivity contribution < 1.29 is 29.9 Å². The molecule has 2 aromatic carbocycles. The van der Waals surface area contributed by atoms with E-state index in [1.54, 1.807) is 12.2 Å². The van der Waals surface area contributed by atoms with Crippen LogP contribution < -0.4 is 9.47 Å². The Labute approximate surface area is 183 Å². The Bertz CT molecular complexity index is 778. The molecule has 0 heterocycles. The molecule has 4 N–H and O–H groups in total. The molecule has 0 saturated carbocycles. The van der Waals surface area contributed by atoms with Crippen molar-refractivity contribution >= 4 is 0 Å². The summed E-state index contributed by atoms with van der Waals surface area (Å²) in [5.74, 6) is 1.32. The van der Waals surface area contributed by atoms with Gasteiger partial charge >= 0.3 is 0 Å². The maximum Gasteiger partial charge on any atom is 0.122 e. The Kier molecular flexibility index (Phi) is 10.3. The first-order valence-corrected chi connectivity index (χ1v) is 10.3. The molecule has 0 amide bonds. The van der Waals surface area contributed by atoms with Crippen LogP contribution in [0.2, 0.25) is 0 Å². The van der Waals surface area contributed by atoms with Crippen molar-refractivity contribution in [3.63, 3.8) is 0 Å². The van der Waals surface area contributed by atoms with Gasteiger partial charge in [0.05, 0.1) is 13.2 Å². The number of rotatable bonds is 14. The van der Waals surface area contributed by atoms with Crippen molar-refractivity contribution in [2.75, 3.05) is 26.4 Å². The molecule has 0 spiro atoms. The largest absolute Gasteiger partial charge is 0.491 e. The SMILES string of the molecule is C=CCc1cc(Cc2ccc(OCC(O)CO)c(CC=C)c2)ccc1OCC(O)CO. The van der Waals surface area contributed by atoms with Gasteiger partial charge in [0.15, 0.2) is 0 Å². The van der Waals surface area contributed by atoms with Gasteiger partial charge in [0.2, 0.25) is 0 Å². The molecule has 0 aliphatic heterocycles. The zero-order valence-corrected chi connectivity index (χ0v) is 17.7. The van der Waals surface area contributed by atoms with Crippen molar-refractivity contribution in [3.05, 3.63) is 84.0 Å². The molecule has 0 radical (unpaired) electrons. The summed E-state index contributed by atoms with van der Waals surface area (Å²) in [6.45, 7) is 6.95. The van der Waals surface area contributed by atoms with Gasteiger partial charge in [-0.2, -0.15) is 0 Å². The number of benzene rings is 2. The highest BCUT2D eigenvalue weighted by atomic mass is 16.5. The lowest BCUT2D eigenvalue weighted by molar-refractivity contribution is 0.0533. The number of hydrogen-bond acceptors (Lipinski definition) is 6. The van der Waals surface area contributed by atoms with Crippen molar-refractivity contribution in [1.82, 2.24) is 0 Å². The summed E-state index contributed by atoms with van der Waals surface area (Å²) in [6, 6.07) is 11.8. The van der Waals surface area contributed by atoms with Crippen molar-refractivity contribution in [3.8, 4) is 11.5 Å². The van der Waals surface area contributed by atoms with E-state index in [9.17, 15) is 10.2 Å². The molecule has 31 heavy (non-hydrogen) atoms. The number of ether oxygens (including phenoxy) is 2. The summed E-state index contributed by atoms with van der Waals surface area (Å²) in [7, 11) is 0. The fourth-order valence-electron chi connectivity index (χ4n) is 3.11. The van der Waals surface area contributed by atoms with Gasteiger partial charge in [-0.3, -0.25) is 0 Å². The average Bonchev–Trinajstić information content (AvgIpc) is 2.78. The van der Waals surface area contributed by atoms with Crippen molar-refractivity contribution in [2.45, 2.75) is 31.5 Å². The van der Waals surface area contributed by atoms with Crippen LogP contribution in [0.5, 0.6) is 11.5 Å². The first-order chi connectivity index (χ1) is 15.0. The Morgan fingerprint density at radius 3 is 1.52 bits per heavy atom. The Morgan fingerprint density at radius 2 is 1.16 bits per heavy atom. The minimum atomic E-state index is -0.918. The van der Waals surface area contributed by atoms with Crippen LogP contribution in [0.4, 0.5) is 0 Å². The number of allylic oxidation sites excluding steroid dienone is 2. The topological polar surface area (TPSA) is 99.4 Å². The molecule has 6 nitrogen and oxygen atoms in total. The molecular formula is C25H32O6. The van der Waals surface area contributed by atoms with E-state index in [4.69, 9.17) is 19.7 Å². The van der Waals surface area contributed by atoms with E-state index >= 15 is 0 Å². The second-order valence-corrected chi connectivity index (χ2v) is 7.34. The van der Waals surface area contributed by atoms with E-state index in [0.29, 0.717) is 30.8 Å². The van der Waals surface area contributed by atoms with E-state index in [1.807, 2.05) is 24.3 Å². The van der Waals surface area contributed by atoms with E-state index in [2.05, 4.69) is 25.3 Å². The molecule has 0 saturated heterocycles. The zero-order chi connectivity index (χ0) is 22.6. The molecule has 2 unspecified atom stereocenters. The highest BCUT2D eigenvalue weighted by molar-refractivity contribution is 5.43. The third-order valence-corrected chi connectivity index (χ3v) is 4.67. The average molecular weight is 429 g/mol. The summed E-state index contributed by atoms with van der Waals surface area (Å²) >= 11 is 0. The van der Waals surface area contributed by atoms with E-state index < -0.39 is 12.2 Å². The Morgan fingerprint density at radius 1 is 0.742 bits per heavy atom. The molecule has 0 bridgehead atoms. The van der Waals surface area contributed by atoms with Gasteiger partial charge < -0.3 is 29.9 Å². The van der Waals surface area contributed by atoms with E-state index in [0.717, 1.165) is 22.3 Å². The minimum Gasteiger partial charge on any atom is -0.491 e. The molecule has 168 valence electrons. The number of aliphatic hydroxyl groups is 4. The first kappa shape index (κ1) is 24.6. The third-order valence-electron chi connectivity index (χ3n) is 4.67. The summed E-state index contributed by atoms with van der Waals surface area (Å²) in [5.41, 5.74) is 4.12. The third kappa shape index (κ3) is 7.84. The lowest BCUT2D eigenvalue weighted by Crippen LogP contribution is -2.21. The standard InChI is InChI=1S/C25H32O6/c1-3-5-20-12-18(7-9-24(20)30-16-22(28)14-26)11-19-8-10-25(21(13-19)6-4-2)31-17-23(29)15-27/h3-4,7-10,12-13,22-23,26-29H,1-2,5-6,11,14-17H2. The molecule has 0 aliphatic rings. The monoisotopic (exact) mass is 428 g/mol. The first-order valence-electron chi connectivity index (χ1n) is 10.3. The summed E-state index contributed by atoms with van der Waals surface area (Å²) in [5, 5.41) is 37.0. The summed E-state index contributed by atoms with van der Waals surface area (Å²) in [6.07, 6.45) is 3.71. The smallest absolute Gasteiger partial charge is 0.122 e. The predicted molar refractivity (Wildman–Crippen MR) is 121 cm³/mol. The van der Waals surface area contributed by atoms with Crippen molar-refractivity contribution in [2.24, 2.45) is 0 Å². The molecule has 2 aromatic rings. The molecule has 2 atom stereocenters. The molecular weight excluding hydrogens is 396 g/mol. The lowest BCUT2D eigenvalue weighted by atomic mass is 9.98. The van der Waals surface area contributed by atoms with Gasteiger partial charge in [0, 0.05) is 0 Å². The van der Waals surface area contributed by atoms with Crippen LogP contribution in [0, 0.1) is 0 Å². The predicted octanol–water partition coefficient (Wildman–Crippen LogP) is 2.20. The lowest BCUT2D eigenvalue weighted by Gasteiger charge is -2.16. The highest BCUT2D eigenvalue weighted by Crippen LogP contribution is 2.26. The molecule has 0 aliphatic carbocycles. The maximum absolute atomic E-state index is 9.53. The van der Waals surface area contributed by atoms with Crippen LogP contribution in [-0.2, 0) is 19.3 Å². The van der Waals surface area contributed by atoms with E-state index in [-0.39, 0.29) is 26.4 Å².